The zero-order chi connectivity index (χ0) is 22.8. The van der Waals surface area contributed by atoms with Gasteiger partial charge >= 0.3 is 0 Å². The van der Waals surface area contributed by atoms with Crippen LogP contribution in [0, 0.1) is 0 Å². The molecule has 3 amide bonds. The van der Waals surface area contributed by atoms with Gasteiger partial charge in [0, 0.05) is 25.0 Å². The molecule has 0 aromatic carbocycles. The van der Waals surface area contributed by atoms with Crippen LogP contribution >= 0.6 is 0 Å². The van der Waals surface area contributed by atoms with Gasteiger partial charge in [0.1, 0.15) is 6.04 Å². The topological polar surface area (TPSA) is 105 Å². The molecular weight excluding hydrogens is 408 g/mol. The van der Waals surface area contributed by atoms with Crippen molar-refractivity contribution in [3.63, 3.8) is 0 Å². The van der Waals surface area contributed by atoms with E-state index in [1.807, 2.05) is 6.92 Å². The smallest absolute Gasteiger partial charge is 0.287 e. The summed E-state index contributed by atoms with van der Waals surface area (Å²) in [6, 6.07) is 6.02. The first-order chi connectivity index (χ1) is 15.6. The summed E-state index contributed by atoms with van der Waals surface area (Å²) in [5.41, 5.74) is 0.704. The number of aromatic nitrogens is 1. The van der Waals surface area contributed by atoms with Crippen LogP contribution in [0.1, 0.15) is 74.0 Å². The molecule has 32 heavy (non-hydrogen) atoms. The maximum Gasteiger partial charge on any atom is 0.287 e. The van der Waals surface area contributed by atoms with Gasteiger partial charge in [0.25, 0.3) is 5.91 Å². The maximum absolute atomic E-state index is 13.4. The number of pyridine rings is 1. The Kier molecular flexibility index (Phi) is 8.83. The Morgan fingerprint density at radius 3 is 2.56 bits per heavy atom. The van der Waals surface area contributed by atoms with Gasteiger partial charge < -0.3 is 20.0 Å². The summed E-state index contributed by atoms with van der Waals surface area (Å²) in [4.78, 5) is 44.5. The number of rotatable bonds is 10. The fourth-order valence-electron chi connectivity index (χ4n) is 4.02. The average molecular weight is 441 g/mol. The van der Waals surface area contributed by atoms with Crippen molar-refractivity contribution in [1.82, 2.24) is 20.5 Å². The summed E-state index contributed by atoms with van der Waals surface area (Å²) in [5.74, 6) is -0.839. The van der Waals surface area contributed by atoms with Crippen molar-refractivity contribution in [2.75, 3.05) is 13.1 Å². The van der Waals surface area contributed by atoms with E-state index in [-0.39, 0.29) is 30.2 Å². The molecule has 0 bridgehead atoms. The van der Waals surface area contributed by atoms with E-state index < -0.39 is 11.9 Å². The molecule has 2 aromatic heterocycles. The fourth-order valence-corrected chi connectivity index (χ4v) is 4.02. The summed E-state index contributed by atoms with van der Waals surface area (Å²) in [5, 5.41) is 5.76. The normalized spacial score (nSPS) is 15.0. The van der Waals surface area contributed by atoms with Crippen LogP contribution in [-0.4, -0.2) is 46.7 Å². The molecule has 3 rings (SSSR count). The lowest BCUT2D eigenvalue weighted by Gasteiger charge is -2.33. The summed E-state index contributed by atoms with van der Waals surface area (Å²) >= 11 is 0. The first-order valence-electron chi connectivity index (χ1n) is 11.4. The highest BCUT2D eigenvalue weighted by Crippen LogP contribution is 2.24. The van der Waals surface area contributed by atoms with Gasteiger partial charge in [0.15, 0.2) is 5.76 Å². The van der Waals surface area contributed by atoms with Crippen molar-refractivity contribution in [3.05, 3.63) is 54.2 Å². The average Bonchev–Trinajstić information content (AvgIpc) is 3.36. The third kappa shape index (κ3) is 6.42. The fraction of sp³-hybridized carbons (Fsp3) is 0.500. The van der Waals surface area contributed by atoms with E-state index in [0.29, 0.717) is 12.1 Å². The van der Waals surface area contributed by atoms with Crippen LogP contribution < -0.4 is 10.6 Å². The first kappa shape index (κ1) is 23.5. The van der Waals surface area contributed by atoms with Crippen molar-refractivity contribution >= 4 is 17.7 Å². The predicted octanol–water partition coefficient (Wildman–Crippen LogP) is 3.22. The molecule has 1 atom stereocenters. The molecule has 0 saturated heterocycles. The van der Waals surface area contributed by atoms with Crippen LogP contribution in [0.25, 0.3) is 0 Å². The van der Waals surface area contributed by atoms with Crippen LogP contribution in [0.4, 0.5) is 0 Å². The molecule has 2 N–H and O–H groups in total. The Morgan fingerprint density at radius 1 is 1.16 bits per heavy atom. The molecule has 2 heterocycles. The van der Waals surface area contributed by atoms with Crippen molar-refractivity contribution in [1.29, 1.82) is 0 Å². The molecule has 8 heteroatoms. The second kappa shape index (κ2) is 12.0. The number of nitrogens with one attached hydrogen (secondary N) is 2. The van der Waals surface area contributed by atoms with Crippen LogP contribution in [0.2, 0.25) is 0 Å². The molecule has 0 radical (unpaired) electrons. The quantitative estimate of drug-likeness (QED) is 0.590. The van der Waals surface area contributed by atoms with Gasteiger partial charge in [-0.05, 0) is 49.1 Å². The zero-order valence-electron chi connectivity index (χ0n) is 18.6. The van der Waals surface area contributed by atoms with Crippen LogP contribution in [0.5, 0.6) is 0 Å². The second-order valence-electron chi connectivity index (χ2n) is 8.13. The zero-order valence-corrected chi connectivity index (χ0v) is 18.6. The van der Waals surface area contributed by atoms with Gasteiger partial charge in [0.2, 0.25) is 11.8 Å². The van der Waals surface area contributed by atoms with Crippen molar-refractivity contribution in [2.45, 2.75) is 64.0 Å². The number of hydrogen-bond donors (Lipinski definition) is 2. The first-order valence-corrected chi connectivity index (χ1v) is 11.4. The highest BCUT2D eigenvalue weighted by atomic mass is 16.3. The van der Waals surface area contributed by atoms with Gasteiger partial charge in [-0.3, -0.25) is 19.4 Å². The Bertz CT molecular complexity index is 863. The van der Waals surface area contributed by atoms with Gasteiger partial charge in [-0.2, -0.15) is 0 Å². The molecule has 172 valence electrons. The molecule has 1 fully saturated rings. The molecule has 1 aliphatic carbocycles. The Balaban J connectivity index is 1.78. The molecule has 8 nitrogen and oxygen atoms in total. The number of furan rings is 1. The molecule has 0 unspecified atom stereocenters. The van der Waals surface area contributed by atoms with Crippen LogP contribution in [0.15, 0.2) is 47.3 Å². The SMILES string of the molecule is CCCCN(C(=O)CNC(=O)c1ccco1)[C@H](C(=O)NC1CCCCC1)c1ccncc1. The summed E-state index contributed by atoms with van der Waals surface area (Å²) in [6.07, 6.45) is 11.6. The Morgan fingerprint density at radius 2 is 1.91 bits per heavy atom. The van der Waals surface area contributed by atoms with Crippen molar-refractivity contribution in [2.24, 2.45) is 0 Å². The summed E-state index contributed by atoms with van der Waals surface area (Å²) in [6.45, 7) is 2.23. The van der Waals surface area contributed by atoms with Gasteiger partial charge in [-0.1, -0.05) is 32.6 Å². The molecule has 2 aromatic rings. The van der Waals surface area contributed by atoms with Crippen LogP contribution in [-0.2, 0) is 9.59 Å². The summed E-state index contributed by atoms with van der Waals surface area (Å²) in [7, 11) is 0. The predicted molar refractivity (Wildman–Crippen MR) is 120 cm³/mol. The number of nitrogens with zero attached hydrogens (tertiary/aromatic N) is 2. The second-order valence-corrected chi connectivity index (χ2v) is 8.13. The number of carbonyl (C=O) groups excluding carboxylic acids is 3. The van der Waals surface area contributed by atoms with Crippen molar-refractivity contribution in [3.8, 4) is 0 Å². The van der Waals surface area contributed by atoms with Gasteiger partial charge in [-0.15, -0.1) is 0 Å². The molecule has 1 aliphatic rings. The molecule has 0 spiro atoms. The minimum atomic E-state index is -0.778. The third-order valence-electron chi connectivity index (χ3n) is 5.75. The minimum Gasteiger partial charge on any atom is -0.459 e. The van der Waals surface area contributed by atoms with E-state index in [9.17, 15) is 14.4 Å². The lowest BCUT2D eigenvalue weighted by Crippen LogP contribution is -2.49. The van der Waals surface area contributed by atoms with Gasteiger partial charge in [-0.25, -0.2) is 0 Å². The lowest BCUT2D eigenvalue weighted by molar-refractivity contribution is -0.140. The monoisotopic (exact) mass is 440 g/mol. The Labute approximate surface area is 188 Å². The number of hydrogen-bond acceptors (Lipinski definition) is 5. The van der Waals surface area contributed by atoms with Crippen LogP contribution in [0.3, 0.4) is 0 Å². The summed E-state index contributed by atoms with van der Waals surface area (Å²) < 4.78 is 5.08. The van der Waals surface area contributed by atoms with E-state index in [2.05, 4.69) is 15.6 Å². The van der Waals surface area contributed by atoms with E-state index in [1.54, 1.807) is 35.5 Å². The number of carbonyl (C=O) groups is 3. The number of unbranched alkanes of at least 4 members (excludes halogenated alkanes) is 1. The van der Waals surface area contributed by atoms with E-state index in [4.69, 9.17) is 4.42 Å². The van der Waals surface area contributed by atoms with Gasteiger partial charge in [0.05, 0.1) is 12.8 Å². The van der Waals surface area contributed by atoms with E-state index in [0.717, 1.165) is 38.5 Å². The molecule has 0 aliphatic heterocycles. The largest absolute Gasteiger partial charge is 0.459 e. The highest BCUT2D eigenvalue weighted by molar-refractivity contribution is 5.95. The van der Waals surface area contributed by atoms with E-state index >= 15 is 0 Å². The molecular formula is C24H32N4O4. The standard InChI is InChI=1S/C24H32N4O4/c1-2-3-15-28(21(29)17-26-23(30)20-10-7-16-32-20)22(18-11-13-25-14-12-18)24(31)27-19-8-5-4-6-9-19/h7,10-14,16,19,22H,2-6,8-9,15,17H2,1H3,(H,26,30)(H,27,31)/t22-/m0/s1. The highest BCUT2D eigenvalue weighted by Gasteiger charge is 2.32. The Hall–Kier alpha value is -3.16. The minimum absolute atomic E-state index is 0.127. The van der Waals surface area contributed by atoms with Crippen molar-refractivity contribution < 1.29 is 18.8 Å². The lowest BCUT2D eigenvalue weighted by atomic mass is 9.94. The number of amides is 3. The third-order valence-corrected chi connectivity index (χ3v) is 5.75. The molecule has 1 saturated carbocycles. The maximum atomic E-state index is 13.4. The van der Waals surface area contributed by atoms with E-state index in [1.165, 1.54) is 18.8 Å².